The first kappa shape index (κ1) is 17.1. The van der Waals surface area contributed by atoms with Gasteiger partial charge in [-0.25, -0.2) is 14.6 Å². The van der Waals surface area contributed by atoms with Crippen molar-refractivity contribution >= 4 is 57.6 Å². The predicted molar refractivity (Wildman–Crippen MR) is 96.8 cm³/mol. The summed E-state index contributed by atoms with van der Waals surface area (Å²) in [6, 6.07) is 7.08. The lowest BCUT2D eigenvalue weighted by Crippen LogP contribution is -2.19. The molecule has 0 spiro atoms. The molecule has 0 radical (unpaired) electrons. The molecular weight excluding hydrogens is 367 g/mol. The summed E-state index contributed by atoms with van der Waals surface area (Å²) in [6.45, 7) is 0. The Morgan fingerprint density at radius 1 is 1.08 bits per heavy atom. The average Bonchev–Trinajstić information content (AvgIpc) is 2.91. The highest BCUT2D eigenvalue weighted by molar-refractivity contribution is 6.42. The molecule has 0 aliphatic rings. The Hall–Kier alpha value is -2.77. The van der Waals surface area contributed by atoms with Crippen LogP contribution in [-0.4, -0.2) is 26.7 Å². The molecule has 0 bridgehead atoms. The van der Waals surface area contributed by atoms with E-state index >= 15 is 0 Å². The largest absolute Gasteiger partial charge is 0.478 e. The minimum Gasteiger partial charge on any atom is -0.478 e. The molecule has 0 saturated carbocycles. The highest BCUT2D eigenvalue weighted by Crippen LogP contribution is 2.26. The topological polar surface area (TPSA) is 96.3 Å². The van der Waals surface area contributed by atoms with Crippen LogP contribution in [0.15, 0.2) is 36.7 Å². The second-order valence-electron chi connectivity index (χ2n) is 5.26. The molecule has 0 atom stereocenters. The first-order valence-corrected chi connectivity index (χ1v) is 7.82. The third-order valence-electron chi connectivity index (χ3n) is 3.48. The maximum absolute atomic E-state index is 12.1. The number of carbonyl (C=O) groups is 2. The van der Waals surface area contributed by atoms with E-state index in [-0.39, 0.29) is 5.56 Å². The van der Waals surface area contributed by atoms with Gasteiger partial charge in [-0.15, -0.1) is 0 Å². The monoisotopic (exact) mass is 378 g/mol. The number of aryl methyl sites for hydroxylation is 1. The maximum atomic E-state index is 12.1. The van der Waals surface area contributed by atoms with E-state index in [9.17, 15) is 14.7 Å². The van der Waals surface area contributed by atoms with Crippen molar-refractivity contribution in [1.82, 2.24) is 9.55 Å². The summed E-state index contributed by atoms with van der Waals surface area (Å²) in [6.07, 6.45) is 1.51. The fourth-order valence-corrected chi connectivity index (χ4v) is 2.70. The lowest BCUT2D eigenvalue weighted by Gasteiger charge is -2.10. The lowest BCUT2D eigenvalue weighted by atomic mass is 10.1. The van der Waals surface area contributed by atoms with Crippen LogP contribution < -0.4 is 10.6 Å². The molecule has 0 fully saturated rings. The molecule has 9 heteroatoms. The van der Waals surface area contributed by atoms with E-state index in [2.05, 4.69) is 15.6 Å². The number of imidazole rings is 1. The van der Waals surface area contributed by atoms with Crippen molar-refractivity contribution in [3.63, 3.8) is 0 Å². The van der Waals surface area contributed by atoms with Gasteiger partial charge in [0.2, 0.25) is 0 Å². The molecule has 1 aromatic heterocycles. The van der Waals surface area contributed by atoms with Gasteiger partial charge in [0.15, 0.2) is 0 Å². The first-order valence-electron chi connectivity index (χ1n) is 7.06. The van der Waals surface area contributed by atoms with Crippen LogP contribution in [0.1, 0.15) is 10.4 Å². The van der Waals surface area contributed by atoms with Crippen molar-refractivity contribution < 1.29 is 14.7 Å². The minimum atomic E-state index is -1.11. The van der Waals surface area contributed by atoms with Crippen molar-refractivity contribution in [1.29, 1.82) is 0 Å². The molecule has 0 unspecified atom stereocenters. The van der Waals surface area contributed by atoms with Crippen molar-refractivity contribution in [3.8, 4) is 0 Å². The first-order chi connectivity index (χ1) is 11.8. The van der Waals surface area contributed by atoms with Crippen LogP contribution >= 0.6 is 23.2 Å². The Bertz CT molecular complexity index is 1000. The summed E-state index contributed by atoms with van der Waals surface area (Å²) in [4.78, 5) is 27.7. The van der Waals surface area contributed by atoms with Gasteiger partial charge in [-0.05, 0) is 30.3 Å². The number of carboxylic acid groups (broad SMARTS) is 1. The van der Waals surface area contributed by atoms with Crippen molar-refractivity contribution in [2.24, 2.45) is 7.05 Å². The van der Waals surface area contributed by atoms with Crippen LogP contribution in [0.5, 0.6) is 0 Å². The Balaban J connectivity index is 1.85. The van der Waals surface area contributed by atoms with Gasteiger partial charge in [0, 0.05) is 18.4 Å². The number of urea groups is 1. The van der Waals surface area contributed by atoms with Crippen LogP contribution in [0.3, 0.4) is 0 Å². The zero-order chi connectivity index (χ0) is 18.1. The SMILES string of the molecule is Cn1cnc2cc(NC(=O)Nc3ccc(Cl)c(Cl)c3)cc(C(=O)O)c21. The molecule has 3 N–H and O–H groups in total. The number of carboxylic acids is 1. The maximum Gasteiger partial charge on any atom is 0.337 e. The van der Waals surface area contributed by atoms with Gasteiger partial charge < -0.3 is 20.3 Å². The number of benzene rings is 2. The van der Waals surface area contributed by atoms with E-state index in [1.165, 1.54) is 18.5 Å². The number of aromatic nitrogens is 2. The molecular formula is C16H12Cl2N4O3. The fraction of sp³-hybridized carbons (Fsp3) is 0.0625. The zero-order valence-corrected chi connectivity index (χ0v) is 14.4. The normalized spacial score (nSPS) is 10.7. The minimum absolute atomic E-state index is 0.0438. The second-order valence-corrected chi connectivity index (χ2v) is 6.07. The highest BCUT2D eigenvalue weighted by atomic mass is 35.5. The number of fused-ring (bicyclic) bond motifs is 1. The smallest absolute Gasteiger partial charge is 0.337 e. The number of aromatic carboxylic acids is 1. The summed E-state index contributed by atoms with van der Waals surface area (Å²) in [5, 5.41) is 15.2. The van der Waals surface area contributed by atoms with Crippen LogP contribution in [0.2, 0.25) is 10.0 Å². The molecule has 0 aliphatic heterocycles. The van der Waals surface area contributed by atoms with Gasteiger partial charge in [0.05, 0.1) is 33.0 Å². The number of nitrogens with zero attached hydrogens (tertiary/aromatic N) is 2. The summed E-state index contributed by atoms with van der Waals surface area (Å²) < 4.78 is 1.61. The second kappa shape index (κ2) is 6.62. The molecule has 0 aliphatic carbocycles. The Morgan fingerprint density at radius 3 is 2.48 bits per heavy atom. The van der Waals surface area contributed by atoms with E-state index in [0.717, 1.165) is 0 Å². The Morgan fingerprint density at radius 2 is 1.80 bits per heavy atom. The molecule has 3 aromatic rings. The van der Waals surface area contributed by atoms with Gasteiger partial charge in [0.25, 0.3) is 0 Å². The number of hydrogen-bond donors (Lipinski definition) is 3. The third kappa shape index (κ3) is 3.52. The standard InChI is InChI=1S/C16H12Cl2N4O3/c1-22-7-19-13-6-9(4-10(14(13)22)15(23)24)21-16(25)20-8-2-3-11(17)12(18)5-8/h2-7H,1H3,(H,23,24)(H2,20,21,25). The number of amides is 2. The molecule has 0 saturated heterocycles. The summed E-state index contributed by atoms with van der Waals surface area (Å²) in [7, 11) is 1.70. The summed E-state index contributed by atoms with van der Waals surface area (Å²) >= 11 is 11.7. The number of halogens is 2. The number of hydrogen-bond acceptors (Lipinski definition) is 3. The van der Waals surface area contributed by atoms with E-state index in [1.54, 1.807) is 29.8 Å². The van der Waals surface area contributed by atoms with E-state index in [0.29, 0.717) is 32.5 Å². The van der Waals surface area contributed by atoms with E-state index in [4.69, 9.17) is 23.2 Å². The third-order valence-corrected chi connectivity index (χ3v) is 4.22. The van der Waals surface area contributed by atoms with Crippen LogP contribution in [0, 0.1) is 0 Å². The zero-order valence-electron chi connectivity index (χ0n) is 12.9. The van der Waals surface area contributed by atoms with Gasteiger partial charge in [-0.3, -0.25) is 0 Å². The molecule has 7 nitrogen and oxygen atoms in total. The number of nitrogens with one attached hydrogen (secondary N) is 2. The molecule has 3 rings (SSSR count). The van der Waals surface area contributed by atoms with Crippen molar-refractivity contribution in [2.45, 2.75) is 0 Å². The van der Waals surface area contributed by atoms with Crippen LogP contribution in [-0.2, 0) is 7.05 Å². The average molecular weight is 379 g/mol. The van der Waals surface area contributed by atoms with Gasteiger partial charge in [-0.1, -0.05) is 23.2 Å². The number of carbonyl (C=O) groups excluding carboxylic acids is 1. The van der Waals surface area contributed by atoms with Crippen LogP contribution in [0.4, 0.5) is 16.2 Å². The number of rotatable bonds is 3. The fourth-order valence-electron chi connectivity index (χ4n) is 2.40. The molecule has 2 amide bonds. The Labute approximate surface area is 152 Å². The molecule has 25 heavy (non-hydrogen) atoms. The summed E-state index contributed by atoms with van der Waals surface area (Å²) in [5.74, 6) is -1.11. The lowest BCUT2D eigenvalue weighted by molar-refractivity contribution is 0.0698. The Kier molecular flexibility index (Phi) is 4.52. The molecule has 2 aromatic carbocycles. The molecule has 128 valence electrons. The van der Waals surface area contributed by atoms with Gasteiger partial charge >= 0.3 is 12.0 Å². The number of anilines is 2. The van der Waals surface area contributed by atoms with Gasteiger partial charge in [0.1, 0.15) is 0 Å². The molecule has 1 heterocycles. The summed E-state index contributed by atoms with van der Waals surface area (Å²) in [5.41, 5.74) is 1.74. The van der Waals surface area contributed by atoms with Gasteiger partial charge in [-0.2, -0.15) is 0 Å². The van der Waals surface area contributed by atoms with E-state index < -0.39 is 12.0 Å². The highest BCUT2D eigenvalue weighted by Gasteiger charge is 2.15. The van der Waals surface area contributed by atoms with Crippen molar-refractivity contribution in [3.05, 3.63) is 52.3 Å². The predicted octanol–water partition coefficient (Wildman–Crippen LogP) is 4.22. The quantitative estimate of drug-likeness (QED) is 0.635. The van der Waals surface area contributed by atoms with E-state index in [1.807, 2.05) is 0 Å². The van der Waals surface area contributed by atoms with Crippen LogP contribution in [0.25, 0.3) is 11.0 Å². The van der Waals surface area contributed by atoms with Crippen molar-refractivity contribution in [2.75, 3.05) is 10.6 Å².